The second kappa shape index (κ2) is 8.70. The molecule has 2 heterocycles. The average Bonchev–Trinajstić information content (AvgIpc) is 2.56. The van der Waals surface area contributed by atoms with Gasteiger partial charge in [-0.1, -0.05) is 6.92 Å². The van der Waals surface area contributed by atoms with Crippen molar-refractivity contribution in [2.45, 2.75) is 26.3 Å². The monoisotopic (exact) mass is 306 g/mol. The summed E-state index contributed by atoms with van der Waals surface area (Å²) in [4.78, 5) is 18.6. The Morgan fingerprint density at radius 2 is 2.18 bits per heavy atom. The number of pyridine rings is 1. The summed E-state index contributed by atoms with van der Waals surface area (Å²) in [5, 5.41) is 6.22. The van der Waals surface area contributed by atoms with Crippen LogP contribution in [-0.4, -0.2) is 61.2 Å². The number of hydrogen-bond donors (Lipinski definition) is 2. The van der Waals surface area contributed by atoms with E-state index in [1.165, 1.54) is 0 Å². The molecule has 1 fully saturated rings. The highest BCUT2D eigenvalue weighted by Gasteiger charge is 2.11. The SMILES string of the molecule is CCC(C)Nc1ccc(C(=O)NCCN2CCOCC2)cn1. The molecule has 0 bridgehead atoms. The van der Waals surface area contributed by atoms with Crippen LogP contribution in [0.4, 0.5) is 5.82 Å². The summed E-state index contributed by atoms with van der Waals surface area (Å²) in [5.74, 6) is 0.732. The molecule has 1 amide bonds. The maximum Gasteiger partial charge on any atom is 0.252 e. The van der Waals surface area contributed by atoms with Crippen LogP contribution in [0.3, 0.4) is 0 Å². The maximum atomic E-state index is 12.1. The van der Waals surface area contributed by atoms with Gasteiger partial charge in [-0.2, -0.15) is 0 Å². The van der Waals surface area contributed by atoms with E-state index in [9.17, 15) is 4.79 Å². The first-order valence-corrected chi connectivity index (χ1v) is 8.00. The lowest BCUT2D eigenvalue weighted by Crippen LogP contribution is -2.41. The van der Waals surface area contributed by atoms with Gasteiger partial charge in [0.25, 0.3) is 5.91 Å². The van der Waals surface area contributed by atoms with Gasteiger partial charge in [0.1, 0.15) is 5.82 Å². The predicted molar refractivity (Wildman–Crippen MR) is 87.2 cm³/mol. The zero-order valence-electron chi connectivity index (χ0n) is 13.5. The molecule has 0 radical (unpaired) electrons. The van der Waals surface area contributed by atoms with Crippen molar-refractivity contribution in [2.24, 2.45) is 0 Å². The molecule has 1 atom stereocenters. The van der Waals surface area contributed by atoms with Crippen molar-refractivity contribution in [3.05, 3.63) is 23.9 Å². The lowest BCUT2D eigenvalue weighted by Gasteiger charge is -2.26. The quantitative estimate of drug-likeness (QED) is 0.796. The molecule has 1 aliphatic heterocycles. The highest BCUT2D eigenvalue weighted by atomic mass is 16.5. The summed E-state index contributed by atoms with van der Waals surface area (Å²) in [6, 6.07) is 4.03. The number of nitrogens with one attached hydrogen (secondary N) is 2. The normalized spacial score (nSPS) is 17.0. The molecule has 1 unspecified atom stereocenters. The fraction of sp³-hybridized carbons (Fsp3) is 0.625. The topological polar surface area (TPSA) is 66.5 Å². The van der Waals surface area contributed by atoms with Gasteiger partial charge >= 0.3 is 0 Å². The largest absolute Gasteiger partial charge is 0.379 e. The Balaban J connectivity index is 1.74. The van der Waals surface area contributed by atoms with Gasteiger partial charge in [0.2, 0.25) is 0 Å². The molecule has 0 spiro atoms. The van der Waals surface area contributed by atoms with Gasteiger partial charge in [0.15, 0.2) is 0 Å². The second-order valence-electron chi connectivity index (χ2n) is 5.60. The number of anilines is 1. The van der Waals surface area contributed by atoms with E-state index in [2.05, 4.69) is 34.4 Å². The Morgan fingerprint density at radius 1 is 1.41 bits per heavy atom. The molecule has 0 saturated carbocycles. The molecule has 1 saturated heterocycles. The van der Waals surface area contributed by atoms with Crippen molar-refractivity contribution in [1.82, 2.24) is 15.2 Å². The van der Waals surface area contributed by atoms with E-state index < -0.39 is 0 Å². The highest BCUT2D eigenvalue weighted by Crippen LogP contribution is 2.07. The van der Waals surface area contributed by atoms with Crippen LogP contribution in [0, 0.1) is 0 Å². The molecule has 22 heavy (non-hydrogen) atoms. The molecule has 2 N–H and O–H groups in total. The average molecular weight is 306 g/mol. The number of hydrogen-bond acceptors (Lipinski definition) is 5. The maximum absolute atomic E-state index is 12.1. The van der Waals surface area contributed by atoms with Crippen molar-refractivity contribution in [2.75, 3.05) is 44.7 Å². The fourth-order valence-corrected chi connectivity index (χ4v) is 2.22. The molecule has 1 aromatic heterocycles. The van der Waals surface area contributed by atoms with Crippen molar-refractivity contribution in [1.29, 1.82) is 0 Å². The molecule has 2 rings (SSSR count). The van der Waals surface area contributed by atoms with E-state index in [0.717, 1.165) is 45.1 Å². The predicted octanol–water partition coefficient (Wildman–Crippen LogP) is 1.35. The van der Waals surface area contributed by atoms with Crippen molar-refractivity contribution in [3.63, 3.8) is 0 Å². The van der Waals surface area contributed by atoms with Gasteiger partial charge in [-0.15, -0.1) is 0 Å². The van der Waals surface area contributed by atoms with Crippen molar-refractivity contribution in [3.8, 4) is 0 Å². The Hall–Kier alpha value is -1.66. The van der Waals surface area contributed by atoms with Gasteiger partial charge in [0, 0.05) is 38.4 Å². The fourth-order valence-electron chi connectivity index (χ4n) is 2.22. The molecular weight excluding hydrogens is 280 g/mol. The lowest BCUT2D eigenvalue weighted by molar-refractivity contribution is 0.0383. The first-order chi connectivity index (χ1) is 10.7. The van der Waals surface area contributed by atoms with Gasteiger partial charge in [0.05, 0.1) is 18.8 Å². The summed E-state index contributed by atoms with van der Waals surface area (Å²) in [7, 11) is 0. The second-order valence-corrected chi connectivity index (χ2v) is 5.60. The van der Waals surface area contributed by atoms with Gasteiger partial charge in [-0.25, -0.2) is 4.98 Å². The number of nitrogens with zero attached hydrogens (tertiary/aromatic N) is 2. The van der Waals surface area contributed by atoms with Crippen LogP contribution in [0.25, 0.3) is 0 Å². The summed E-state index contributed by atoms with van der Waals surface area (Å²) < 4.78 is 5.30. The Bertz CT molecular complexity index is 458. The first kappa shape index (κ1) is 16.7. The smallest absolute Gasteiger partial charge is 0.252 e. The number of rotatable bonds is 7. The number of carbonyl (C=O) groups is 1. The van der Waals surface area contributed by atoms with Crippen LogP contribution in [0.15, 0.2) is 18.3 Å². The molecule has 1 aromatic rings. The number of ether oxygens (including phenoxy) is 1. The van der Waals surface area contributed by atoms with E-state index in [0.29, 0.717) is 18.2 Å². The number of morpholine rings is 1. The first-order valence-electron chi connectivity index (χ1n) is 8.00. The molecule has 0 aromatic carbocycles. The van der Waals surface area contributed by atoms with Gasteiger partial charge in [-0.3, -0.25) is 9.69 Å². The van der Waals surface area contributed by atoms with Crippen molar-refractivity contribution >= 4 is 11.7 Å². The number of amides is 1. The molecule has 6 heteroatoms. The van der Waals surface area contributed by atoms with Crippen LogP contribution in [0.5, 0.6) is 0 Å². The number of carbonyl (C=O) groups excluding carboxylic acids is 1. The Labute approximate surface area is 132 Å². The van der Waals surface area contributed by atoms with Gasteiger partial charge < -0.3 is 15.4 Å². The minimum Gasteiger partial charge on any atom is -0.379 e. The molecular formula is C16H26N4O2. The van der Waals surface area contributed by atoms with Crippen LogP contribution in [0.2, 0.25) is 0 Å². The van der Waals surface area contributed by atoms with E-state index in [4.69, 9.17) is 4.74 Å². The summed E-state index contributed by atoms with van der Waals surface area (Å²) >= 11 is 0. The molecule has 6 nitrogen and oxygen atoms in total. The third-order valence-electron chi connectivity index (χ3n) is 3.85. The van der Waals surface area contributed by atoms with Crippen LogP contribution in [0.1, 0.15) is 30.6 Å². The zero-order valence-corrected chi connectivity index (χ0v) is 13.5. The number of aromatic nitrogens is 1. The van der Waals surface area contributed by atoms with E-state index >= 15 is 0 Å². The van der Waals surface area contributed by atoms with Crippen LogP contribution < -0.4 is 10.6 Å². The van der Waals surface area contributed by atoms with Crippen LogP contribution >= 0.6 is 0 Å². The third-order valence-corrected chi connectivity index (χ3v) is 3.85. The van der Waals surface area contributed by atoms with Crippen LogP contribution in [-0.2, 0) is 4.74 Å². The minimum atomic E-state index is -0.0733. The minimum absolute atomic E-state index is 0.0733. The summed E-state index contributed by atoms with van der Waals surface area (Å²) in [5.41, 5.74) is 0.594. The lowest BCUT2D eigenvalue weighted by atomic mass is 10.2. The summed E-state index contributed by atoms with van der Waals surface area (Å²) in [6.07, 6.45) is 2.65. The zero-order chi connectivity index (χ0) is 15.8. The summed E-state index contributed by atoms with van der Waals surface area (Å²) in [6.45, 7) is 9.16. The molecule has 122 valence electrons. The van der Waals surface area contributed by atoms with E-state index in [1.807, 2.05) is 12.1 Å². The van der Waals surface area contributed by atoms with Gasteiger partial charge in [-0.05, 0) is 25.5 Å². The Morgan fingerprint density at radius 3 is 2.82 bits per heavy atom. The molecule has 0 aliphatic carbocycles. The van der Waals surface area contributed by atoms with E-state index in [-0.39, 0.29) is 5.91 Å². The standard InChI is InChI=1S/C16H26N4O2/c1-3-13(2)19-15-5-4-14(12-18-15)16(21)17-6-7-20-8-10-22-11-9-20/h4-5,12-13H,3,6-11H2,1-2H3,(H,17,21)(H,18,19). The Kier molecular flexibility index (Phi) is 6.61. The van der Waals surface area contributed by atoms with E-state index in [1.54, 1.807) is 6.20 Å². The van der Waals surface area contributed by atoms with Crippen molar-refractivity contribution < 1.29 is 9.53 Å². The molecule has 1 aliphatic rings. The highest BCUT2D eigenvalue weighted by molar-refractivity contribution is 5.94. The third kappa shape index (κ3) is 5.27.